The van der Waals surface area contributed by atoms with E-state index in [0.29, 0.717) is 11.6 Å². The van der Waals surface area contributed by atoms with Crippen molar-refractivity contribution in [1.82, 2.24) is 15.2 Å². The molecule has 0 saturated heterocycles. The Morgan fingerprint density at radius 3 is 3.07 bits per heavy atom. The molecule has 2 aromatic heterocycles. The average molecular weight is 211 g/mol. The number of rotatable bonds is 3. The second-order valence-corrected chi connectivity index (χ2v) is 3.77. The van der Waals surface area contributed by atoms with E-state index in [2.05, 4.69) is 15.2 Å². The monoisotopic (exact) mass is 211 g/mol. The molecule has 0 aromatic carbocycles. The molecule has 0 aliphatic rings. The van der Waals surface area contributed by atoms with Crippen LogP contribution in [0.3, 0.4) is 0 Å². The van der Waals surface area contributed by atoms with Gasteiger partial charge in [0.15, 0.2) is 0 Å². The number of aryl methyl sites for hydroxylation is 1. The quantitative estimate of drug-likeness (QED) is 0.750. The van der Waals surface area contributed by atoms with E-state index in [4.69, 9.17) is 4.42 Å². The topological polar surface area (TPSA) is 74.7 Å². The Morgan fingerprint density at radius 1 is 1.64 bits per heavy atom. The standard InChI is InChI=1S/C8H9N3O2S/c1-5-6(2-3-13-5)14-4-7-9-8(12)11-10-7/h2-3H,4H2,1H3,(H2,9,10,11,12). The molecule has 0 spiro atoms. The maximum absolute atomic E-state index is 10.7. The third-order valence-corrected chi connectivity index (χ3v) is 2.88. The Labute approximate surface area is 83.9 Å². The van der Waals surface area contributed by atoms with E-state index in [9.17, 15) is 4.79 Å². The lowest BCUT2D eigenvalue weighted by atomic mass is 10.5. The lowest BCUT2D eigenvalue weighted by Crippen LogP contribution is -2.00. The second kappa shape index (κ2) is 3.75. The Kier molecular flexibility index (Phi) is 2.45. The zero-order valence-corrected chi connectivity index (χ0v) is 8.35. The summed E-state index contributed by atoms with van der Waals surface area (Å²) in [6, 6.07) is 1.89. The van der Waals surface area contributed by atoms with Gasteiger partial charge in [0, 0.05) is 4.90 Å². The van der Waals surface area contributed by atoms with Crippen molar-refractivity contribution in [2.24, 2.45) is 0 Å². The number of nitrogens with zero attached hydrogens (tertiary/aromatic N) is 1. The molecule has 0 bridgehead atoms. The maximum Gasteiger partial charge on any atom is 0.340 e. The highest BCUT2D eigenvalue weighted by Crippen LogP contribution is 2.24. The van der Waals surface area contributed by atoms with Crippen LogP contribution in [0.2, 0.25) is 0 Å². The Hall–Kier alpha value is -1.43. The van der Waals surface area contributed by atoms with Gasteiger partial charge in [-0.1, -0.05) is 0 Å². The van der Waals surface area contributed by atoms with Gasteiger partial charge in [0.25, 0.3) is 0 Å². The fraction of sp³-hybridized carbons (Fsp3) is 0.250. The molecule has 0 atom stereocenters. The normalized spacial score (nSPS) is 10.6. The number of H-pyrrole nitrogens is 2. The van der Waals surface area contributed by atoms with Crippen LogP contribution in [0.15, 0.2) is 26.4 Å². The summed E-state index contributed by atoms with van der Waals surface area (Å²) in [6.07, 6.45) is 1.64. The summed E-state index contributed by atoms with van der Waals surface area (Å²) in [5.41, 5.74) is -0.274. The molecule has 0 saturated carbocycles. The first-order valence-corrected chi connectivity index (χ1v) is 5.05. The molecule has 74 valence electrons. The summed E-state index contributed by atoms with van der Waals surface area (Å²) >= 11 is 1.57. The number of furan rings is 1. The van der Waals surface area contributed by atoms with Crippen molar-refractivity contribution < 1.29 is 4.42 Å². The van der Waals surface area contributed by atoms with Crippen molar-refractivity contribution >= 4 is 11.8 Å². The summed E-state index contributed by atoms with van der Waals surface area (Å²) in [5.74, 6) is 2.15. The molecule has 2 heterocycles. The SMILES string of the molecule is Cc1occc1SCc1n[nH]c(=O)[nH]1. The molecular weight excluding hydrogens is 202 g/mol. The van der Waals surface area contributed by atoms with Crippen molar-refractivity contribution in [3.05, 3.63) is 34.4 Å². The fourth-order valence-electron chi connectivity index (χ4n) is 1.04. The highest BCUT2D eigenvalue weighted by atomic mass is 32.2. The van der Waals surface area contributed by atoms with Crippen LogP contribution < -0.4 is 5.69 Å². The summed E-state index contributed by atoms with van der Waals surface area (Å²) in [4.78, 5) is 14.4. The van der Waals surface area contributed by atoms with Crippen molar-refractivity contribution in [3.63, 3.8) is 0 Å². The number of aromatic amines is 2. The van der Waals surface area contributed by atoms with E-state index in [1.165, 1.54) is 0 Å². The largest absolute Gasteiger partial charge is 0.468 e. The van der Waals surface area contributed by atoms with E-state index in [0.717, 1.165) is 10.7 Å². The molecule has 0 fully saturated rings. The third-order valence-electron chi connectivity index (χ3n) is 1.73. The Bertz CT molecular complexity index is 471. The first-order chi connectivity index (χ1) is 6.75. The van der Waals surface area contributed by atoms with Gasteiger partial charge in [0.2, 0.25) is 0 Å². The van der Waals surface area contributed by atoms with Gasteiger partial charge in [-0.2, -0.15) is 5.10 Å². The molecular formula is C8H9N3O2S. The van der Waals surface area contributed by atoms with Crippen LogP contribution >= 0.6 is 11.8 Å². The Morgan fingerprint density at radius 2 is 2.50 bits per heavy atom. The van der Waals surface area contributed by atoms with Gasteiger partial charge in [-0.25, -0.2) is 9.89 Å². The lowest BCUT2D eigenvalue weighted by molar-refractivity contribution is 0.527. The number of aromatic nitrogens is 3. The highest BCUT2D eigenvalue weighted by molar-refractivity contribution is 7.98. The van der Waals surface area contributed by atoms with Crippen LogP contribution in [-0.4, -0.2) is 15.2 Å². The lowest BCUT2D eigenvalue weighted by Gasteiger charge is -1.94. The third kappa shape index (κ3) is 1.90. The molecule has 2 aromatic rings. The van der Waals surface area contributed by atoms with Gasteiger partial charge < -0.3 is 4.42 Å². The van der Waals surface area contributed by atoms with E-state index < -0.39 is 0 Å². The molecule has 6 heteroatoms. The highest BCUT2D eigenvalue weighted by Gasteiger charge is 2.04. The van der Waals surface area contributed by atoms with Crippen LogP contribution in [0.4, 0.5) is 0 Å². The van der Waals surface area contributed by atoms with Gasteiger partial charge in [0.1, 0.15) is 11.6 Å². The predicted molar refractivity (Wildman–Crippen MR) is 52.2 cm³/mol. The van der Waals surface area contributed by atoms with Gasteiger partial charge >= 0.3 is 5.69 Å². The van der Waals surface area contributed by atoms with Gasteiger partial charge in [-0.15, -0.1) is 11.8 Å². The molecule has 0 amide bonds. The Balaban J connectivity index is 2.01. The van der Waals surface area contributed by atoms with Crippen LogP contribution in [0.1, 0.15) is 11.6 Å². The van der Waals surface area contributed by atoms with Crippen LogP contribution in [0, 0.1) is 6.92 Å². The van der Waals surface area contributed by atoms with Gasteiger partial charge in [0.05, 0.1) is 12.0 Å². The van der Waals surface area contributed by atoms with E-state index >= 15 is 0 Å². The summed E-state index contributed by atoms with van der Waals surface area (Å²) in [5, 5.41) is 6.12. The molecule has 5 nitrogen and oxygen atoms in total. The minimum atomic E-state index is -0.274. The van der Waals surface area contributed by atoms with Crippen molar-refractivity contribution in [1.29, 1.82) is 0 Å². The van der Waals surface area contributed by atoms with E-state index in [1.54, 1.807) is 18.0 Å². The van der Waals surface area contributed by atoms with Crippen LogP contribution in [0.5, 0.6) is 0 Å². The molecule has 2 rings (SSSR count). The molecule has 0 aliphatic carbocycles. The van der Waals surface area contributed by atoms with Crippen molar-refractivity contribution in [3.8, 4) is 0 Å². The second-order valence-electron chi connectivity index (χ2n) is 2.75. The number of thioether (sulfide) groups is 1. The summed E-state index contributed by atoms with van der Waals surface area (Å²) < 4.78 is 5.14. The number of hydrogen-bond donors (Lipinski definition) is 2. The first kappa shape index (κ1) is 9.14. The van der Waals surface area contributed by atoms with E-state index in [-0.39, 0.29) is 5.69 Å². The summed E-state index contributed by atoms with van der Waals surface area (Å²) in [6.45, 7) is 1.90. The molecule has 14 heavy (non-hydrogen) atoms. The van der Waals surface area contributed by atoms with Crippen LogP contribution in [-0.2, 0) is 5.75 Å². The average Bonchev–Trinajstić information content (AvgIpc) is 2.72. The smallest absolute Gasteiger partial charge is 0.340 e. The molecule has 0 unspecified atom stereocenters. The minimum Gasteiger partial charge on any atom is -0.468 e. The molecule has 0 radical (unpaired) electrons. The summed E-state index contributed by atoms with van der Waals surface area (Å²) in [7, 11) is 0. The fourth-order valence-corrected chi connectivity index (χ4v) is 1.87. The van der Waals surface area contributed by atoms with E-state index in [1.807, 2.05) is 13.0 Å². The predicted octanol–water partition coefficient (Wildman–Crippen LogP) is 1.29. The van der Waals surface area contributed by atoms with Crippen molar-refractivity contribution in [2.75, 3.05) is 0 Å². The number of hydrogen-bond acceptors (Lipinski definition) is 4. The maximum atomic E-state index is 10.7. The van der Waals surface area contributed by atoms with Crippen LogP contribution in [0.25, 0.3) is 0 Å². The zero-order chi connectivity index (χ0) is 9.97. The van der Waals surface area contributed by atoms with Crippen molar-refractivity contribution in [2.45, 2.75) is 17.6 Å². The number of nitrogens with one attached hydrogen (secondary N) is 2. The van der Waals surface area contributed by atoms with Gasteiger partial charge in [-0.3, -0.25) is 4.98 Å². The zero-order valence-electron chi connectivity index (χ0n) is 7.53. The first-order valence-electron chi connectivity index (χ1n) is 4.06. The van der Waals surface area contributed by atoms with Gasteiger partial charge in [-0.05, 0) is 13.0 Å². The molecule has 0 aliphatic heterocycles. The minimum absolute atomic E-state index is 0.274. The molecule has 2 N–H and O–H groups in total.